The van der Waals surface area contributed by atoms with E-state index in [2.05, 4.69) is 20.3 Å². The van der Waals surface area contributed by atoms with Gasteiger partial charge >= 0.3 is 6.09 Å². The van der Waals surface area contributed by atoms with Gasteiger partial charge in [-0.2, -0.15) is 10.2 Å². The maximum atomic E-state index is 15.6. The Morgan fingerprint density at radius 3 is 2.51 bits per heavy atom. The number of amides is 1. The Hall–Kier alpha value is -3.40. The number of hydrogen-bond donors (Lipinski definition) is 2. The molecule has 4 aromatic rings. The highest BCUT2D eigenvalue weighted by Crippen LogP contribution is 2.46. The molecule has 0 saturated heterocycles. The molecule has 14 heteroatoms. The highest BCUT2D eigenvalue weighted by molar-refractivity contribution is 7.23. The predicted octanol–water partition coefficient (Wildman–Crippen LogP) is 6.55. The minimum atomic E-state index is -1.28. The van der Waals surface area contributed by atoms with Gasteiger partial charge < -0.3 is 9.84 Å². The molecule has 0 spiro atoms. The second kappa shape index (κ2) is 8.67. The van der Waals surface area contributed by atoms with E-state index in [1.807, 2.05) is 6.07 Å². The number of benzene rings is 1. The lowest BCUT2D eigenvalue weighted by molar-refractivity contribution is 0.0636. The molecule has 0 aliphatic heterocycles. The van der Waals surface area contributed by atoms with Gasteiger partial charge in [0.05, 0.1) is 32.7 Å². The fourth-order valence-corrected chi connectivity index (χ4v) is 4.75. The number of carbonyl (C=O) groups is 1. The second-order valence-corrected chi connectivity index (χ2v) is 9.80. The molecule has 35 heavy (non-hydrogen) atoms. The molecule has 180 valence electrons. The minimum absolute atomic E-state index is 0.106. The molecule has 3 heterocycles. The zero-order valence-electron chi connectivity index (χ0n) is 17.9. The molecule has 0 unspecified atom stereocenters. The zero-order valence-corrected chi connectivity index (χ0v) is 20.3. The van der Waals surface area contributed by atoms with Gasteiger partial charge in [-0.25, -0.2) is 22.9 Å². The number of ether oxygens (including phenoxy) is 1. The first kappa shape index (κ1) is 24.7. The van der Waals surface area contributed by atoms with Gasteiger partial charge in [0.15, 0.2) is 17.5 Å². The van der Waals surface area contributed by atoms with Crippen molar-refractivity contribution in [2.75, 3.05) is 5.32 Å². The molecule has 3 aromatic heterocycles. The summed E-state index contributed by atoms with van der Waals surface area (Å²) in [7, 11) is 0. The fourth-order valence-electron chi connectivity index (χ4n) is 3.28. The van der Waals surface area contributed by atoms with Crippen LogP contribution in [-0.4, -0.2) is 31.8 Å². The average molecular weight is 542 g/mol. The van der Waals surface area contributed by atoms with E-state index in [0.717, 1.165) is 6.20 Å². The van der Waals surface area contributed by atoms with Crippen LogP contribution in [0.3, 0.4) is 0 Å². The van der Waals surface area contributed by atoms with Crippen molar-refractivity contribution in [3.8, 4) is 23.2 Å². The van der Waals surface area contributed by atoms with Gasteiger partial charge in [-0.3, -0.25) is 10.3 Å². The van der Waals surface area contributed by atoms with Crippen molar-refractivity contribution in [1.29, 1.82) is 5.26 Å². The van der Waals surface area contributed by atoms with Gasteiger partial charge in [0, 0.05) is 5.39 Å². The molecule has 4 rings (SSSR count). The van der Waals surface area contributed by atoms with Crippen molar-refractivity contribution in [2.45, 2.75) is 26.4 Å². The van der Waals surface area contributed by atoms with Crippen LogP contribution in [0.2, 0.25) is 10.3 Å². The molecule has 0 bridgehead atoms. The fraction of sp³-hybridized carbons (Fsp3) is 0.190. The summed E-state index contributed by atoms with van der Waals surface area (Å²) in [4.78, 5) is 23.1. The molecule has 0 saturated carbocycles. The highest BCUT2D eigenvalue weighted by atomic mass is 35.5. The van der Waals surface area contributed by atoms with Crippen molar-refractivity contribution < 1.29 is 27.8 Å². The Morgan fingerprint density at radius 1 is 1.20 bits per heavy atom. The van der Waals surface area contributed by atoms with E-state index in [9.17, 15) is 19.6 Å². The Bertz CT molecular complexity index is 1600. The smallest absolute Gasteiger partial charge is 0.412 e. The molecule has 0 radical (unpaired) electrons. The molecule has 1 amide bonds. The third-order valence-corrected chi connectivity index (χ3v) is 6.19. The number of aromatic hydroxyl groups is 1. The van der Waals surface area contributed by atoms with E-state index in [1.165, 1.54) is 0 Å². The summed E-state index contributed by atoms with van der Waals surface area (Å²) in [5.41, 5.74) is -2.91. The van der Waals surface area contributed by atoms with E-state index in [1.54, 1.807) is 20.8 Å². The number of fused-ring (bicyclic) bond motifs is 2. The molecule has 1 aromatic carbocycles. The van der Waals surface area contributed by atoms with E-state index < -0.39 is 67.5 Å². The number of carbonyl (C=O) groups excluding carboxylic acids is 1. The summed E-state index contributed by atoms with van der Waals surface area (Å²) >= 11 is 12.5. The quantitative estimate of drug-likeness (QED) is 0.218. The number of rotatable bonds is 2. The first-order valence-electron chi connectivity index (χ1n) is 9.58. The summed E-state index contributed by atoms with van der Waals surface area (Å²) in [6.07, 6.45) is -0.187. The highest BCUT2D eigenvalue weighted by Gasteiger charge is 2.30. The first-order chi connectivity index (χ1) is 16.3. The van der Waals surface area contributed by atoms with Crippen LogP contribution >= 0.6 is 34.5 Å². The third-order valence-electron chi connectivity index (χ3n) is 4.55. The van der Waals surface area contributed by atoms with Gasteiger partial charge in [0.1, 0.15) is 27.6 Å². The van der Waals surface area contributed by atoms with Crippen LogP contribution in [-0.2, 0) is 4.74 Å². The normalized spacial score (nSPS) is 11.6. The molecule has 0 atom stereocenters. The number of nitriles is 1. The minimum Gasteiger partial charge on any atom is -0.493 e. The lowest BCUT2D eigenvalue weighted by Crippen LogP contribution is -2.27. The number of nitrogens with zero attached hydrogens (tertiary/aromatic N) is 4. The number of nitrogens with one attached hydrogen (secondary N) is 1. The van der Waals surface area contributed by atoms with Gasteiger partial charge in [-0.1, -0.05) is 11.6 Å². The van der Waals surface area contributed by atoms with Crippen LogP contribution in [0.25, 0.3) is 32.2 Å². The maximum Gasteiger partial charge on any atom is 0.412 e. The van der Waals surface area contributed by atoms with Gasteiger partial charge in [-0.05, 0) is 32.4 Å². The molecule has 8 nitrogen and oxygen atoms in total. The van der Waals surface area contributed by atoms with Crippen LogP contribution in [0.1, 0.15) is 26.3 Å². The largest absolute Gasteiger partial charge is 0.493 e. The van der Waals surface area contributed by atoms with Crippen LogP contribution in [0, 0.1) is 28.8 Å². The van der Waals surface area contributed by atoms with Gasteiger partial charge in [0.2, 0.25) is 11.2 Å². The lowest BCUT2D eigenvalue weighted by atomic mass is 10.0. The van der Waals surface area contributed by atoms with Gasteiger partial charge in [-0.15, -0.1) is 11.3 Å². The molecule has 0 aliphatic rings. The summed E-state index contributed by atoms with van der Waals surface area (Å²) < 4.78 is 50.4. The summed E-state index contributed by atoms with van der Waals surface area (Å²) in [5.74, 6) is -4.36. The number of pyridine rings is 1. The summed E-state index contributed by atoms with van der Waals surface area (Å²) in [5, 5.41) is 19.6. The Morgan fingerprint density at radius 2 is 1.89 bits per heavy atom. The SMILES string of the molecule is CC(C)(C)OC(=O)Nc1sc2c(F)cnc(-c3c(Cl)c(F)c4c(O)nc(Cl)nc4c3F)c2c1C#N. The number of anilines is 1. The number of thiophene rings is 1. The van der Waals surface area contributed by atoms with E-state index >= 15 is 8.78 Å². The number of aromatic nitrogens is 3. The maximum absolute atomic E-state index is 15.6. The van der Waals surface area contributed by atoms with Crippen molar-refractivity contribution in [3.05, 3.63) is 39.5 Å². The topological polar surface area (TPSA) is 121 Å². The first-order valence-corrected chi connectivity index (χ1v) is 11.2. The van der Waals surface area contributed by atoms with E-state index in [-0.39, 0.29) is 20.7 Å². The summed E-state index contributed by atoms with van der Waals surface area (Å²) in [6.45, 7) is 4.87. The van der Waals surface area contributed by atoms with Crippen LogP contribution in [0.5, 0.6) is 5.88 Å². The van der Waals surface area contributed by atoms with E-state index in [4.69, 9.17) is 27.9 Å². The third kappa shape index (κ3) is 4.27. The molecular formula is C21H12Cl2F3N5O3S. The van der Waals surface area contributed by atoms with Crippen LogP contribution in [0.4, 0.5) is 23.0 Å². The lowest BCUT2D eigenvalue weighted by Gasteiger charge is -2.19. The Labute approximate surface area is 208 Å². The van der Waals surface area contributed by atoms with Crippen molar-refractivity contribution in [3.63, 3.8) is 0 Å². The second-order valence-electron chi connectivity index (χ2n) is 8.06. The Balaban J connectivity index is 2.03. The molecule has 2 N–H and O–H groups in total. The van der Waals surface area contributed by atoms with Crippen molar-refractivity contribution in [2.24, 2.45) is 0 Å². The predicted molar refractivity (Wildman–Crippen MR) is 124 cm³/mol. The van der Waals surface area contributed by atoms with Gasteiger partial charge in [0.25, 0.3) is 0 Å². The molecule has 0 aliphatic carbocycles. The van der Waals surface area contributed by atoms with Crippen LogP contribution < -0.4 is 5.32 Å². The number of halogens is 5. The Kier molecular flexibility index (Phi) is 6.12. The number of hydrogen-bond acceptors (Lipinski definition) is 8. The summed E-state index contributed by atoms with van der Waals surface area (Å²) in [6, 6.07) is 1.82. The van der Waals surface area contributed by atoms with Crippen LogP contribution in [0.15, 0.2) is 6.20 Å². The van der Waals surface area contributed by atoms with Crippen molar-refractivity contribution in [1.82, 2.24) is 15.0 Å². The average Bonchev–Trinajstić information content (AvgIpc) is 3.10. The monoisotopic (exact) mass is 541 g/mol. The van der Waals surface area contributed by atoms with E-state index in [0.29, 0.717) is 11.3 Å². The standard InChI is InChI=1S/C21H12Cl2F3N5O3S/c1-21(2,3)34-20(33)31-18-6(4-27)8-14(28-5-7(24)16(8)35-18)9-11(22)12(25)10-15(13(9)26)29-19(23)30-17(10)32/h5H,1-3H3,(H,31,33)(H,29,30,32). The molecular weight excluding hydrogens is 530 g/mol. The molecule has 0 fully saturated rings. The zero-order chi connectivity index (χ0) is 25.8. The van der Waals surface area contributed by atoms with Crippen molar-refractivity contribution >= 4 is 66.6 Å².